The number of carbonyl (C=O) groups is 2. The molecule has 2 heterocycles. The molecule has 0 radical (unpaired) electrons. The Morgan fingerprint density at radius 2 is 1.75 bits per heavy atom. The molecule has 0 unspecified atom stereocenters. The molecule has 0 aliphatic carbocycles. The zero-order valence-electron chi connectivity index (χ0n) is 12.0. The Morgan fingerprint density at radius 1 is 1.08 bits per heavy atom. The summed E-state index contributed by atoms with van der Waals surface area (Å²) in [5, 5.41) is 18.9. The van der Waals surface area contributed by atoms with Crippen LogP contribution in [0.15, 0.2) is 42.7 Å². The molecule has 9 heteroatoms. The van der Waals surface area contributed by atoms with Crippen molar-refractivity contribution in [3.05, 3.63) is 59.1 Å². The maximum atomic E-state index is 12.2. The quantitative estimate of drug-likeness (QED) is 0.669. The van der Waals surface area contributed by atoms with Gasteiger partial charge in [-0.3, -0.25) is 9.89 Å². The first kappa shape index (κ1) is 15.6. The molecule has 3 N–H and O–H groups in total. The molecule has 8 nitrogen and oxygen atoms in total. The molecule has 0 saturated heterocycles. The SMILES string of the molecule is O=C(O)c1nccnc1C(=O)Nc1cc(-c2ccc(Cl)cc2)[nH]n1. The highest BCUT2D eigenvalue weighted by atomic mass is 35.5. The number of carbonyl (C=O) groups excluding carboxylic acids is 1. The second-order valence-electron chi connectivity index (χ2n) is 4.69. The topological polar surface area (TPSA) is 121 Å². The molecule has 1 aromatic carbocycles. The fourth-order valence-corrected chi connectivity index (χ4v) is 2.13. The van der Waals surface area contributed by atoms with Crippen LogP contribution in [0.25, 0.3) is 11.3 Å². The van der Waals surface area contributed by atoms with E-state index in [0.29, 0.717) is 10.7 Å². The molecular formula is C15H10ClN5O3. The van der Waals surface area contributed by atoms with Crippen LogP contribution in [0.5, 0.6) is 0 Å². The standard InChI is InChI=1S/C15H10ClN5O3/c16-9-3-1-8(2-4-9)10-7-11(21-20-10)19-14(22)12-13(15(23)24)18-6-5-17-12/h1-7H,(H,23,24)(H2,19,20,21,22). The lowest BCUT2D eigenvalue weighted by Gasteiger charge is -2.03. The van der Waals surface area contributed by atoms with Gasteiger partial charge in [-0.1, -0.05) is 23.7 Å². The molecule has 0 atom stereocenters. The maximum Gasteiger partial charge on any atom is 0.356 e. The number of amides is 1. The van der Waals surface area contributed by atoms with Crippen LogP contribution < -0.4 is 5.32 Å². The van der Waals surface area contributed by atoms with Gasteiger partial charge < -0.3 is 10.4 Å². The van der Waals surface area contributed by atoms with Crippen LogP contribution >= 0.6 is 11.6 Å². The number of nitrogens with one attached hydrogen (secondary N) is 2. The van der Waals surface area contributed by atoms with Crippen molar-refractivity contribution in [1.82, 2.24) is 20.2 Å². The Morgan fingerprint density at radius 3 is 2.42 bits per heavy atom. The van der Waals surface area contributed by atoms with E-state index in [2.05, 4.69) is 25.5 Å². The molecule has 1 amide bonds. The normalized spacial score (nSPS) is 10.4. The van der Waals surface area contributed by atoms with Gasteiger partial charge in [0.05, 0.1) is 5.69 Å². The third kappa shape index (κ3) is 3.23. The van der Waals surface area contributed by atoms with Gasteiger partial charge in [-0.25, -0.2) is 14.8 Å². The van der Waals surface area contributed by atoms with E-state index in [0.717, 1.165) is 5.56 Å². The third-order valence-corrected chi connectivity index (χ3v) is 3.34. The molecule has 120 valence electrons. The molecule has 0 aliphatic rings. The minimum Gasteiger partial charge on any atom is -0.476 e. The van der Waals surface area contributed by atoms with Crippen LogP contribution in [-0.2, 0) is 0 Å². The Bertz CT molecular complexity index is 907. The number of H-pyrrole nitrogens is 1. The zero-order chi connectivity index (χ0) is 17.1. The second kappa shape index (κ2) is 6.47. The van der Waals surface area contributed by atoms with Crippen molar-refractivity contribution in [3.8, 4) is 11.3 Å². The minimum absolute atomic E-state index is 0.229. The van der Waals surface area contributed by atoms with Gasteiger partial charge in [0.25, 0.3) is 5.91 Å². The first-order valence-corrected chi connectivity index (χ1v) is 7.09. The van der Waals surface area contributed by atoms with Gasteiger partial charge in [-0.15, -0.1) is 0 Å². The number of benzene rings is 1. The number of hydrogen-bond acceptors (Lipinski definition) is 5. The summed E-state index contributed by atoms with van der Waals surface area (Å²) in [5.41, 5.74) is 0.780. The van der Waals surface area contributed by atoms with Gasteiger partial charge in [-0.2, -0.15) is 5.10 Å². The molecule has 0 aliphatic heterocycles. The Labute approximate surface area is 140 Å². The van der Waals surface area contributed by atoms with Crippen molar-refractivity contribution in [1.29, 1.82) is 0 Å². The lowest BCUT2D eigenvalue weighted by molar-refractivity contribution is 0.0685. The fourth-order valence-electron chi connectivity index (χ4n) is 2.00. The second-order valence-corrected chi connectivity index (χ2v) is 5.12. The number of hydrogen-bond donors (Lipinski definition) is 3. The van der Waals surface area contributed by atoms with Crippen LogP contribution in [0.2, 0.25) is 5.02 Å². The molecule has 24 heavy (non-hydrogen) atoms. The molecule has 0 fully saturated rings. The minimum atomic E-state index is -1.34. The van der Waals surface area contributed by atoms with Crippen molar-refractivity contribution in [2.75, 3.05) is 5.32 Å². The van der Waals surface area contributed by atoms with E-state index in [4.69, 9.17) is 16.7 Å². The van der Waals surface area contributed by atoms with E-state index in [-0.39, 0.29) is 11.5 Å². The fraction of sp³-hybridized carbons (Fsp3) is 0. The summed E-state index contributed by atoms with van der Waals surface area (Å²) in [7, 11) is 0. The van der Waals surface area contributed by atoms with Gasteiger partial charge in [-0.05, 0) is 17.7 Å². The van der Waals surface area contributed by atoms with Crippen LogP contribution in [0.4, 0.5) is 5.82 Å². The summed E-state index contributed by atoms with van der Waals surface area (Å²) >= 11 is 5.84. The van der Waals surface area contributed by atoms with Crippen LogP contribution in [0.3, 0.4) is 0 Å². The molecule has 0 spiro atoms. The summed E-state index contributed by atoms with van der Waals surface area (Å²) in [6.45, 7) is 0. The summed E-state index contributed by atoms with van der Waals surface area (Å²) in [6.07, 6.45) is 2.44. The lowest BCUT2D eigenvalue weighted by Crippen LogP contribution is -2.19. The largest absolute Gasteiger partial charge is 0.476 e. The highest BCUT2D eigenvalue weighted by molar-refractivity contribution is 6.30. The van der Waals surface area contributed by atoms with Crippen LogP contribution in [-0.4, -0.2) is 37.1 Å². The number of anilines is 1. The molecule has 0 bridgehead atoms. The average molecular weight is 344 g/mol. The van der Waals surface area contributed by atoms with E-state index in [1.807, 2.05) is 0 Å². The summed E-state index contributed by atoms with van der Waals surface area (Å²) in [5.74, 6) is -1.82. The first-order valence-electron chi connectivity index (χ1n) is 6.71. The number of aromatic carboxylic acids is 1. The molecule has 0 saturated carbocycles. The predicted octanol–water partition coefficient (Wildman–Crippen LogP) is 2.47. The zero-order valence-corrected chi connectivity index (χ0v) is 12.8. The van der Waals surface area contributed by atoms with E-state index in [1.54, 1.807) is 30.3 Å². The maximum absolute atomic E-state index is 12.2. The van der Waals surface area contributed by atoms with E-state index >= 15 is 0 Å². The number of rotatable bonds is 4. The van der Waals surface area contributed by atoms with Gasteiger partial charge >= 0.3 is 5.97 Å². The summed E-state index contributed by atoms with van der Waals surface area (Å²) < 4.78 is 0. The highest BCUT2D eigenvalue weighted by Gasteiger charge is 2.20. The van der Waals surface area contributed by atoms with Crippen molar-refractivity contribution in [2.45, 2.75) is 0 Å². The Balaban J connectivity index is 1.81. The van der Waals surface area contributed by atoms with Crippen LogP contribution in [0.1, 0.15) is 21.0 Å². The Kier molecular flexibility index (Phi) is 4.21. The van der Waals surface area contributed by atoms with E-state index < -0.39 is 17.6 Å². The lowest BCUT2D eigenvalue weighted by atomic mass is 10.1. The number of aromatic nitrogens is 4. The summed E-state index contributed by atoms with van der Waals surface area (Å²) in [6, 6.07) is 8.67. The molecular weight excluding hydrogens is 334 g/mol. The van der Waals surface area contributed by atoms with Crippen LogP contribution in [0, 0.1) is 0 Å². The van der Waals surface area contributed by atoms with Gasteiger partial charge in [0.1, 0.15) is 0 Å². The van der Waals surface area contributed by atoms with Gasteiger partial charge in [0.15, 0.2) is 17.2 Å². The molecule has 2 aromatic heterocycles. The number of carboxylic acid groups (broad SMARTS) is 1. The van der Waals surface area contributed by atoms with E-state index in [1.165, 1.54) is 12.4 Å². The van der Waals surface area contributed by atoms with Crippen molar-refractivity contribution >= 4 is 29.3 Å². The van der Waals surface area contributed by atoms with Crippen molar-refractivity contribution in [3.63, 3.8) is 0 Å². The number of carboxylic acids is 1. The van der Waals surface area contributed by atoms with E-state index in [9.17, 15) is 9.59 Å². The van der Waals surface area contributed by atoms with Gasteiger partial charge in [0, 0.05) is 23.5 Å². The van der Waals surface area contributed by atoms with Crippen molar-refractivity contribution < 1.29 is 14.7 Å². The Hall–Kier alpha value is -3.26. The number of nitrogens with zero attached hydrogens (tertiary/aromatic N) is 3. The molecule has 3 rings (SSSR count). The average Bonchev–Trinajstić information content (AvgIpc) is 3.04. The van der Waals surface area contributed by atoms with Gasteiger partial charge in [0.2, 0.25) is 0 Å². The molecule has 3 aromatic rings. The number of halogens is 1. The van der Waals surface area contributed by atoms with Crippen molar-refractivity contribution in [2.24, 2.45) is 0 Å². The monoisotopic (exact) mass is 343 g/mol. The number of aromatic amines is 1. The first-order chi connectivity index (χ1) is 11.5. The highest BCUT2D eigenvalue weighted by Crippen LogP contribution is 2.22. The smallest absolute Gasteiger partial charge is 0.356 e. The predicted molar refractivity (Wildman–Crippen MR) is 86.0 cm³/mol. The summed E-state index contributed by atoms with van der Waals surface area (Å²) in [4.78, 5) is 30.7. The third-order valence-electron chi connectivity index (χ3n) is 3.09.